The first kappa shape index (κ1) is 98.2. The number of ether oxygens (including phenoxy) is 2. The van der Waals surface area contributed by atoms with E-state index in [1.807, 2.05) is 0 Å². The molecule has 2 unspecified atom stereocenters. The smallest absolute Gasteiger partial charge is 0.462 e. The molecule has 2 atom stereocenters. The number of allylic oxidation sites excluding steroid dienone is 14. The molecule has 0 aromatic rings. The van der Waals surface area contributed by atoms with E-state index in [4.69, 9.17) is 24.3 Å². The van der Waals surface area contributed by atoms with E-state index in [1.165, 1.54) is 347 Å². The Balaban J connectivity index is 3.71. The van der Waals surface area contributed by atoms with Crippen LogP contribution in [0.15, 0.2) is 85.1 Å². The number of hydrogen-bond donors (Lipinski definition) is 2. The predicted octanol–water partition coefficient (Wildman–Crippen LogP) is 30.0. The van der Waals surface area contributed by atoms with E-state index in [1.54, 1.807) is 0 Å². The molecule has 10 heteroatoms. The molecule has 0 aromatic carbocycles. The number of phosphoric ester groups is 1. The van der Waals surface area contributed by atoms with E-state index < -0.39 is 26.5 Å². The van der Waals surface area contributed by atoms with Gasteiger partial charge in [-0.3, -0.25) is 18.6 Å². The summed E-state index contributed by atoms with van der Waals surface area (Å²) in [4.78, 5) is 35.5. The van der Waals surface area contributed by atoms with Gasteiger partial charge in [0, 0.05) is 19.4 Å². The van der Waals surface area contributed by atoms with Crippen molar-refractivity contribution in [1.29, 1.82) is 0 Å². The minimum absolute atomic E-state index is 0.0552. The summed E-state index contributed by atoms with van der Waals surface area (Å²) in [6.45, 7) is 3.70. The first-order chi connectivity index (χ1) is 49.8. The van der Waals surface area contributed by atoms with Crippen molar-refractivity contribution in [1.82, 2.24) is 0 Å². The first-order valence-corrected chi connectivity index (χ1v) is 45.6. The van der Waals surface area contributed by atoms with Gasteiger partial charge in [-0.1, -0.05) is 433 Å². The van der Waals surface area contributed by atoms with Crippen LogP contribution in [0.25, 0.3) is 0 Å². The third-order valence-corrected chi connectivity index (χ3v) is 20.7. The lowest BCUT2D eigenvalue weighted by Crippen LogP contribution is -2.29. The first-order valence-electron chi connectivity index (χ1n) is 44.1. The summed E-state index contributed by atoms with van der Waals surface area (Å²) in [5, 5.41) is 0. The molecule has 9 nitrogen and oxygen atoms in total. The zero-order valence-corrected chi connectivity index (χ0v) is 67.8. The highest BCUT2D eigenvalue weighted by atomic mass is 31.2. The summed E-state index contributed by atoms with van der Waals surface area (Å²) < 4.78 is 33.3. The number of rotatable bonds is 84. The van der Waals surface area contributed by atoms with E-state index in [0.717, 1.165) is 70.6 Å². The van der Waals surface area contributed by atoms with Crippen LogP contribution in [0.4, 0.5) is 0 Å². The Morgan fingerprint density at radius 3 is 0.812 bits per heavy atom. The summed E-state index contributed by atoms with van der Waals surface area (Å²) in [6, 6.07) is 0. The van der Waals surface area contributed by atoms with Gasteiger partial charge in [-0.25, -0.2) is 4.57 Å². The van der Waals surface area contributed by atoms with Crippen LogP contribution in [-0.2, 0) is 32.7 Å². The van der Waals surface area contributed by atoms with Gasteiger partial charge < -0.3 is 20.1 Å². The molecule has 590 valence electrons. The molecule has 0 saturated carbocycles. The van der Waals surface area contributed by atoms with E-state index in [0.29, 0.717) is 6.42 Å². The molecule has 0 radical (unpaired) electrons. The van der Waals surface area contributed by atoms with Crippen LogP contribution in [0.1, 0.15) is 450 Å². The summed E-state index contributed by atoms with van der Waals surface area (Å²) >= 11 is 0. The molecule has 0 fully saturated rings. The molecule has 0 aromatic heterocycles. The van der Waals surface area contributed by atoms with Crippen LogP contribution in [0, 0.1) is 0 Å². The van der Waals surface area contributed by atoms with Crippen LogP contribution in [0.2, 0.25) is 0 Å². The number of phosphoric acid groups is 1. The lowest BCUT2D eigenvalue weighted by Gasteiger charge is -2.19. The topological polar surface area (TPSA) is 134 Å². The fourth-order valence-corrected chi connectivity index (χ4v) is 14.1. The minimum Gasteiger partial charge on any atom is -0.462 e. The van der Waals surface area contributed by atoms with E-state index in [9.17, 15) is 19.0 Å². The molecule has 0 bridgehead atoms. The van der Waals surface area contributed by atoms with Crippen molar-refractivity contribution in [2.45, 2.75) is 457 Å². The van der Waals surface area contributed by atoms with E-state index in [2.05, 4.69) is 98.9 Å². The van der Waals surface area contributed by atoms with Crippen molar-refractivity contribution in [2.75, 3.05) is 26.4 Å². The molecule has 0 saturated heterocycles. The Hall–Kier alpha value is -2.81. The Labute approximate surface area is 627 Å². The predicted molar refractivity (Wildman–Crippen MR) is 441 cm³/mol. The Kier molecular flexibility index (Phi) is 83.7. The van der Waals surface area contributed by atoms with Crippen LogP contribution >= 0.6 is 7.82 Å². The standard InChI is InChI=1S/C91H168NO8P/c1-3-5-7-9-11-13-15-17-19-21-23-25-27-29-31-33-35-37-39-41-43-44-46-48-50-52-54-56-58-60-62-64-66-68-70-72-74-76-78-80-82-84-91(94)100-89(88-99-101(95,96)98-86-85-92)87-97-90(93)83-81-79-77-75-73-71-69-67-65-63-61-59-57-55-53-51-49-47-45-42-40-38-36-34-32-30-28-26-24-22-20-18-16-14-12-10-8-6-4-2/h5,7,11,13,16-19,22-25,29,31,89H,3-4,6,8-10,12,14-15,20-21,26-28,30,32-88,92H2,1-2H3,(H,95,96)/b7-5-,13-11-,18-16-,19-17-,24-22-,25-23-,31-29-. The highest BCUT2D eigenvalue weighted by Gasteiger charge is 2.26. The van der Waals surface area contributed by atoms with Crippen LogP contribution in [0.5, 0.6) is 0 Å². The Bertz CT molecular complexity index is 1940. The number of carbonyl (C=O) groups is 2. The van der Waals surface area contributed by atoms with E-state index >= 15 is 0 Å². The van der Waals surface area contributed by atoms with Crippen molar-refractivity contribution in [3.63, 3.8) is 0 Å². The van der Waals surface area contributed by atoms with Gasteiger partial charge in [0.05, 0.1) is 13.2 Å². The fraction of sp³-hybridized carbons (Fsp3) is 0.824. The summed E-state index contributed by atoms with van der Waals surface area (Å²) in [5.74, 6) is -0.802. The largest absolute Gasteiger partial charge is 0.472 e. The average Bonchev–Trinajstić information content (AvgIpc) is 1.04. The second kappa shape index (κ2) is 86.1. The van der Waals surface area contributed by atoms with Gasteiger partial charge in [-0.2, -0.15) is 0 Å². The minimum atomic E-state index is -4.40. The molecule has 0 spiro atoms. The monoisotopic (exact) mass is 1430 g/mol. The van der Waals surface area contributed by atoms with Crippen molar-refractivity contribution < 1.29 is 37.6 Å². The number of nitrogens with two attached hydrogens (primary N) is 1. The van der Waals surface area contributed by atoms with Gasteiger partial charge in [0.2, 0.25) is 0 Å². The molecule has 0 aliphatic rings. The molecule has 3 N–H and O–H groups in total. The number of esters is 2. The summed E-state index contributed by atoms with van der Waals surface area (Å²) in [5.41, 5.74) is 5.43. The third kappa shape index (κ3) is 86.0. The number of unbranched alkanes of at least 4 members (excludes halogenated alkanes) is 57. The van der Waals surface area contributed by atoms with Crippen LogP contribution < -0.4 is 5.73 Å². The van der Waals surface area contributed by atoms with Crippen LogP contribution in [0.3, 0.4) is 0 Å². The highest BCUT2D eigenvalue weighted by Crippen LogP contribution is 2.43. The maximum Gasteiger partial charge on any atom is 0.472 e. The van der Waals surface area contributed by atoms with Gasteiger partial charge in [0.15, 0.2) is 6.10 Å². The second-order valence-electron chi connectivity index (χ2n) is 29.7. The number of hydrogen-bond acceptors (Lipinski definition) is 8. The molecule has 0 amide bonds. The maximum absolute atomic E-state index is 12.8. The van der Waals surface area contributed by atoms with Gasteiger partial charge in [0.25, 0.3) is 0 Å². The normalized spacial score (nSPS) is 13.2. The highest BCUT2D eigenvalue weighted by molar-refractivity contribution is 7.47. The quantitative estimate of drug-likeness (QED) is 0.0264. The lowest BCUT2D eigenvalue weighted by molar-refractivity contribution is -0.161. The Morgan fingerprint density at radius 2 is 0.545 bits per heavy atom. The summed E-state index contributed by atoms with van der Waals surface area (Å²) in [7, 11) is -4.40. The average molecular weight is 1440 g/mol. The molecular weight excluding hydrogens is 1270 g/mol. The van der Waals surface area contributed by atoms with Crippen molar-refractivity contribution >= 4 is 19.8 Å². The maximum atomic E-state index is 12.8. The molecule has 0 heterocycles. The molecule has 101 heavy (non-hydrogen) atoms. The number of carbonyl (C=O) groups excluding carboxylic acids is 2. The molecule has 0 aliphatic carbocycles. The molecular formula is C91H168NO8P. The fourth-order valence-electron chi connectivity index (χ4n) is 13.3. The van der Waals surface area contributed by atoms with Gasteiger partial charge in [-0.15, -0.1) is 0 Å². The van der Waals surface area contributed by atoms with Gasteiger partial charge in [-0.05, 0) is 89.9 Å². The Morgan fingerprint density at radius 1 is 0.307 bits per heavy atom. The van der Waals surface area contributed by atoms with Crippen molar-refractivity contribution in [3.05, 3.63) is 85.1 Å². The van der Waals surface area contributed by atoms with Crippen molar-refractivity contribution in [3.8, 4) is 0 Å². The van der Waals surface area contributed by atoms with Gasteiger partial charge in [0.1, 0.15) is 6.61 Å². The van der Waals surface area contributed by atoms with Gasteiger partial charge >= 0.3 is 19.8 Å². The second-order valence-corrected chi connectivity index (χ2v) is 31.2. The molecule has 0 aliphatic heterocycles. The zero-order chi connectivity index (χ0) is 72.9. The van der Waals surface area contributed by atoms with E-state index in [-0.39, 0.29) is 38.6 Å². The molecule has 0 rings (SSSR count). The van der Waals surface area contributed by atoms with Crippen LogP contribution in [-0.4, -0.2) is 49.3 Å². The third-order valence-electron chi connectivity index (χ3n) is 19.8. The summed E-state index contributed by atoms with van der Waals surface area (Å²) in [6.07, 6.45) is 118. The lowest BCUT2D eigenvalue weighted by atomic mass is 10.0. The van der Waals surface area contributed by atoms with Crippen molar-refractivity contribution in [2.24, 2.45) is 5.73 Å². The SMILES string of the molecule is CC/C=C\C/C=C\C/C=C\C/C=C\C/C=C\CCCCCCCCCCCCCCCCCCCCCCCCCCCC(=O)OC(COC(=O)CCCCCCCCCCCCCCCCCCCCCCCCCCCCC/C=C\C/C=C\CCCCCCC)COP(=O)(O)OCCN. The zero-order valence-electron chi connectivity index (χ0n) is 66.9.